The summed E-state index contributed by atoms with van der Waals surface area (Å²) >= 11 is 0. The molecule has 1 aromatic carbocycles. The van der Waals surface area contributed by atoms with Crippen molar-refractivity contribution < 1.29 is 23.5 Å². The highest BCUT2D eigenvalue weighted by atomic mass is 19.1. The zero-order valence-corrected chi connectivity index (χ0v) is 13.4. The van der Waals surface area contributed by atoms with Crippen LogP contribution >= 0.6 is 0 Å². The smallest absolute Gasteiger partial charge is 0.328 e. The van der Waals surface area contributed by atoms with Gasteiger partial charge >= 0.3 is 5.97 Å². The van der Waals surface area contributed by atoms with Gasteiger partial charge in [-0.05, 0) is 23.6 Å². The molecule has 1 atom stereocenters. The van der Waals surface area contributed by atoms with Crippen LogP contribution in [0.3, 0.4) is 0 Å². The fourth-order valence-electron chi connectivity index (χ4n) is 1.92. The minimum absolute atomic E-state index is 0.0321. The second-order valence-corrected chi connectivity index (χ2v) is 5.40. The quantitative estimate of drug-likeness (QED) is 0.727. The number of rotatable bonds is 7. The van der Waals surface area contributed by atoms with E-state index in [1.165, 1.54) is 25.3 Å². The van der Waals surface area contributed by atoms with Gasteiger partial charge in [0.25, 0.3) is 0 Å². The van der Waals surface area contributed by atoms with Gasteiger partial charge in [-0.15, -0.1) is 0 Å². The molecule has 0 aromatic heterocycles. The van der Waals surface area contributed by atoms with Crippen LogP contribution in [-0.2, 0) is 25.5 Å². The Morgan fingerprint density at radius 1 is 1.22 bits per heavy atom. The van der Waals surface area contributed by atoms with Crippen LogP contribution in [0.5, 0.6) is 0 Å². The molecule has 0 bridgehead atoms. The van der Waals surface area contributed by atoms with Crippen LogP contribution < -0.4 is 10.6 Å². The predicted molar refractivity (Wildman–Crippen MR) is 81.9 cm³/mol. The third-order valence-corrected chi connectivity index (χ3v) is 3.14. The second kappa shape index (κ2) is 8.87. The van der Waals surface area contributed by atoms with Gasteiger partial charge in [0, 0.05) is 0 Å². The number of hydrogen-bond donors (Lipinski definition) is 2. The van der Waals surface area contributed by atoms with Gasteiger partial charge in [-0.1, -0.05) is 26.0 Å². The van der Waals surface area contributed by atoms with E-state index in [9.17, 15) is 18.8 Å². The first-order valence-corrected chi connectivity index (χ1v) is 7.21. The van der Waals surface area contributed by atoms with Crippen molar-refractivity contribution in [2.45, 2.75) is 26.3 Å². The molecule has 6 nitrogen and oxygen atoms in total. The van der Waals surface area contributed by atoms with Crippen LogP contribution in [0.4, 0.5) is 4.39 Å². The Morgan fingerprint density at radius 2 is 1.91 bits per heavy atom. The minimum atomic E-state index is -0.771. The molecule has 0 fully saturated rings. The summed E-state index contributed by atoms with van der Waals surface area (Å²) < 4.78 is 17.6. The van der Waals surface area contributed by atoms with Gasteiger partial charge in [0.15, 0.2) is 0 Å². The number of hydrogen-bond acceptors (Lipinski definition) is 4. The maximum absolute atomic E-state index is 13.0. The molecule has 0 aliphatic heterocycles. The van der Waals surface area contributed by atoms with Crippen molar-refractivity contribution in [1.82, 2.24) is 10.6 Å². The highest BCUT2D eigenvalue weighted by Crippen LogP contribution is 2.04. The van der Waals surface area contributed by atoms with Crippen molar-refractivity contribution in [3.8, 4) is 0 Å². The number of ether oxygens (including phenoxy) is 1. The largest absolute Gasteiger partial charge is 0.467 e. The van der Waals surface area contributed by atoms with E-state index in [0.29, 0.717) is 5.56 Å². The Labute approximate surface area is 134 Å². The molecule has 0 radical (unpaired) electrons. The van der Waals surface area contributed by atoms with Crippen LogP contribution in [0.1, 0.15) is 19.4 Å². The second-order valence-electron chi connectivity index (χ2n) is 5.40. The highest BCUT2D eigenvalue weighted by Gasteiger charge is 2.24. The minimum Gasteiger partial charge on any atom is -0.467 e. The summed E-state index contributed by atoms with van der Waals surface area (Å²) in [6, 6.07) is 4.90. The lowest BCUT2D eigenvalue weighted by Gasteiger charge is -2.19. The van der Waals surface area contributed by atoms with Crippen molar-refractivity contribution in [1.29, 1.82) is 0 Å². The summed E-state index contributed by atoms with van der Waals surface area (Å²) in [5.74, 6) is -2.02. The van der Waals surface area contributed by atoms with E-state index in [4.69, 9.17) is 0 Å². The van der Waals surface area contributed by atoms with Crippen LogP contribution in [0.2, 0.25) is 0 Å². The SMILES string of the molecule is COC(=O)C(NC(=O)CNC(=O)Cc1cccc(F)c1)C(C)C. The van der Waals surface area contributed by atoms with E-state index in [2.05, 4.69) is 15.4 Å². The lowest BCUT2D eigenvalue weighted by atomic mass is 10.0. The van der Waals surface area contributed by atoms with Crippen LogP contribution in [0, 0.1) is 11.7 Å². The lowest BCUT2D eigenvalue weighted by Crippen LogP contribution is -2.48. The first-order valence-electron chi connectivity index (χ1n) is 7.21. The van der Waals surface area contributed by atoms with E-state index >= 15 is 0 Å². The van der Waals surface area contributed by atoms with Gasteiger partial charge in [0.05, 0.1) is 20.1 Å². The number of amides is 2. The maximum atomic E-state index is 13.0. The summed E-state index contributed by atoms with van der Waals surface area (Å²) in [6.45, 7) is 3.27. The topological polar surface area (TPSA) is 84.5 Å². The lowest BCUT2D eigenvalue weighted by molar-refractivity contribution is -0.146. The molecule has 23 heavy (non-hydrogen) atoms. The Morgan fingerprint density at radius 3 is 2.48 bits per heavy atom. The fourth-order valence-corrected chi connectivity index (χ4v) is 1.92. The first-order chi connectivity index (χ1) is 10.8. The maximum Gasteiger partial charge on any atom is 0.328 e. The number of carbonyl (C=O) groups is 3. The molecule has 126 valence electrons. The van der Waals surface area contributed by atoms with Gasteiger partial charge in [-0.2, -0.15) is 0 Å². The van der Waals surface area contributed by atoms with Crippen molar-refractivity contribution in [2.24, 2.45) is 5.92 Å². The number of halogens is 1. The first kappa shape index (κ1) is 18.6. The van der Waals surface area contributed by atoms with Gasteiger partial charge in [-0.3, -0.25) is 9.59 Å². The zero-order valence-electron chi connectivity index (χ0n) is 13.4. The molecule has 2 N–H and O–H groups in total. The van der Waals surface area contributed by atoms with Crippen LogP contribution in [-0.4, -0.2) is 37.5 Å². The molecule has 1 unspecified atom stereocenters. The third kappa shape index (κ3) is 6.46. The Balaban J connectivity index is 2.45. The summed E-state index contributed by atoms with van der Waals surface area (Å²) in [5.41, 5.74) is 0.512. The Hall–Kier alpha value is -2.44. The number of methoxy groups -OCH3 is 1. The molecular weight excluding hydrogens is 303 g/mol. The molecule has 1 aromatic rings. The third-order valence-electron chi connectivity index (χ3n) is 3.14. The molecule has 0 saturated heterocycles. The van der Waals surface area contributed by atoms with Crippen molar-refractivity contribution in [3.63, 3.8) is 0 Å². The molecule has 0 heterocycles. The average Bonchev–Trinajstić information content (AvgIpc) is 2.49. The van der Waals surface area contributed by atoms with E-state index in [0.717, 1.165) is 0 Å². The summed E-state index contributed by atoms with van der Waals surface area (Å²) in [7, 11) is 1.24. The molecule has 1 rings (SSSR count). The van der Waals surface area contributed by atoms with Crippen LogP contribution in [0.25, 0.3) is 0 Å². The number of esters is 1. The molecular formula is C16H21FN2O4. The van der Waals surface area contributed by atoms with E-state index in [-0.39, 0.29) is 18.9 Å². The van der Waals surface area contributed by atoms with Gasteiger partial charge in [0.1, 0.15) is 11.9 Å². The molecule has 0 saturated carbocycles. The standard InChI is InChI=1S/C16H21FN2O4/c1-10(2)15(16(22)23-3)19-14(21)9-18-13(20)8-11-5-4-6-12(17)7-11/h4-7,10,15H,8-9H2,1-3H3,(H,18,20)(H,19,21). The average molecular weight is 324 g/mol. The van der Waals surface area contributed by atoms with Crippen molar-refractivity contribution in [2.75, 3.05) is 13.7 Å². The fraction of sp³-hybridized carbons (Fsp3) is 0.438. The molecule has 0 aliphatic carbocycles. The van der Waals surface area contributed by atoms with E-state index in [1.54, 1.807) is 19.9 Å². The normalized spacial score (nSPS) is 11.7. The van der Waals surface area contributed by atoms with Crippen molar-refractivity contribution >= 4 is 17.8 Å². The molecule has 0 aliphatic rings. The van der Waals surface area contributed by atoms with E-state index in [1.807, 2.05) is 0 Å². The summed E-state index contributed by atoms with van der Waals surface area (Å²) in [6.07, 6.45) is -0.0321. The van der Waals surface area contributed by atoms with Crippen molar-refractivity contribution in [3.05, 3.63) is 35.6 Å². The molecule has 2 amide bonds. The molecule has 7 heteroatoms. The number of carbonyl (C=O) groups excluding carboxylic acids is 3. The van der Waals surface area contributed by atoms with Gasteiger partial charge in [-0.25, -0.2) is 9.18 Å². The Kier molecular flexibility index (Phi) is 7.18. The van der Waals surface area contributed by atoms with E-state index < -0.39 is 29.6 Å². The van der Waals surface area contributed by atoms with Gasteiger partial charge in [0.2, 0.25) is 11.8 Å². The Bertz CT molecular complexity index is 575. The molecule has 0 spiro atoms. The number of benzene rings is 1. The zero-order chi connectivity index (χ0) is 17.4. The number of nitrogens with one attached hydrogen (secondary N) is 2. The highest BCUT2D eigenvalue weighted by molar-refractivity contribution is 5.88. The van der Waals surface area contributed by atoms with Gasteiger partial charge < -0.3 is 15.4 Å². The van der Waals surface area contributed by atoms with Crippen LogP contribution in [0.15, 0.2) is 24.3 Å². The predicted octanol–water partition coefficient (Wildman–Crippen LogP) is 0.798. The summed E-state index contributed by atoms with van der Waals surface area (Å²) in [5, 5.41) is 4.93. The monoisotopic (exact) mass is 324 g/mol. The summed E-state index contributed by atoms with van der Waals surface area (Å²) in [4.78, 5) is 35.1.